The summed E-state index contributed by atoms with van der Waals surface area (Å²) in [7, 11) is 0. The van der Waals surface area contributed by atoms with Gasteiger partial charge in [-0.2, -0.15) is 0 Å². The van der Waals surface area contributed by atoms with E-state index in [1.807, 2.05) is 19.9 Å². The van der Waals surface area contributed by atoms with Gasteiger partial charge in [-0.3, -0.25) is 0 Å². The van der Waals surface area contributed by atoms with Gasteiger partial charge in [0.25, 0.3) is 0 Å². The molecule has 2 aliphatic rings. The number of carbonyl (C=O) groups excluding carboxylic acids is 1. The van der Waals surface area contributed by atoms with Crippen LogP contribution < -0.4 is 5.73 Å². The monoisotopic (exact) mass is 388 g/mol. The van der Waals surface area contributed by atoms with Gasteiger partial charge in [-0.15, -0.1) is 0 Å². The molecule has 6 heteroatoms. The Bertz CT molecular complexity index is 791. The van der Waals surface area contributed by atoms with Crippen LogP contribution >= 0.6 is 0 Å². The van der Waals surface area contributed by atoms with Crippen LogP contribution in [0.4, 0.5) is 10.1 Å². The van der Waals surface area contributed by atoms with E-state index in [0.717, 1.165) is 5.56 Å². The first-order valence-electron chi connectivity index (χ1n) is 9.95. The molecule has 1 spiro atoms. The molecule has 1 aromatic carbocycles. The van der Waals surface area contributed by atoms with Gasteiger partial charge < -0.3 is 15.2 Å². The quantitative estimate of drug-likeness (QED) is 0.618. The van der Waals surface area contributed by atoms with Crippen LogP contribution in [0.3, 0.4) is 0 Å². The second kappa shape index (κ2) is 7.46. The van der Waals surface area contributed by atoms with Gasteiger partial charge in [-0.1, -0.05) is 32.0 Å². The summed E-state index contributed by atoms with van der Waals surface area (Å²) in [5.41, 5.74) is 7.18. The standard InChI is InChI=1S/C22H29FN2O3/c1-6-27-20(26)22(24)18-9-17(25-5)8-7-16(18)12-21(22)10-13(2)19(14(3)11-21)28-15(4)23/h7-9,13-15,19H,6,10-12,24H2,1-4H3/t13-,14+,15?,19?,21?,22-/m1/s1. The number of rotatable bonds is 4. The molecule has 1 aromatic rings. The third-order valence-corrected chi connectivity index (χ3v) is 6.50. The fourth-order valence-electron chi connectivity index (χ4n) is 5.58. The molecular weight excluding hydrogens is 359 g/mol. The highest BCUT2D eigenvalue weighted by atomic mass is 19.1. The lowest BCUT2D eigenvalue weighted by molar-refractivity contribution is -0.171. The maximum Gasteiger partial charge on any atom is 0.331 e. The number of esters is 1. The van der Waals surface area contributed by atoms with Crippen molar-refractivity contribution >= 4 is 11.7 Å². The fourth-order valence-corrected chi connectivity index (χ4v) is 5.58. The van der Waals surface area contributed by atoms with Gasteiger partial charge in [0.1, 0.15) is 5.54 Å². The van der Waals surface area contributed by atoms with E-state index in [4.69, 9.17) is 21.8 Å². The molecule has 3 rings (SSSR count). The maximum atomic E-state index is 13.5. The third kappa shape index (κ3) is 3.11. The summed E-state index contributed by atoms with van der Waals surface area (Å²) >= 11 is 0. The zero-order chi connectivity index (χ0) is 20.7. The molecule has 0 saturated heterocycles. The first-order valence-corrected chi connectivity index (χ1v) is 9.95. The van der Waals surface area contributed by atoms with Crippen LogP contribution in [0, 0.1) is 23.8 Å². The summed E-state index contributed by atoms with van der Waals surface area (Å²) in [5, 5.41) is 0. The second-order valence-electron chi connectivity index (χ2n) is 8.45. The first kappa shape index (κ1) is 20.8. The van der Waals surface area contributed by atoms with Crippen molar-refractivity contribution in [1.82, 2.24) is 0 Å². The number of hydrogen-bond acceptors (Lipinski definition) is 4. The second-order valence-corrected chi connectivity index (χ2v) is 8.45. The average Bonchev–Trinajstić information content (AvgIpc) is 2.87. The SMILES string of the molecule is [C-]#[N+]c1ccc2c(c1)[C@@](N)(C(=O)OCC)C1(C2)C[C@@H](C)C(OC(C)F)[C@@H](C)C1. The molecule has 0 aromatic heterocycles. The van der Waals surface area contributed by atoms with Crippen LogP contribution in [0.15, 0.2) is 18.2 Å². The average molecular weight is 388 g/mol. The summed E-state index contributed by atoms with van der Waals surface area (Å²) < 4.78 is 24.5. The minimum atomic E-state index is -1.33. The molecule has 3 unspecified atom stereocenters. The molecule has 0 heterocycles. The molecule has 0 aliphatic heterocycles. The Kier molecular flexibility index (Phi) is 5.53. The number of benzene rings is 1. The predicted molar refractivity (Wildman–Crippen MR) is 104 cm³/mol. The van der Waals surface area contributed by atoms with E-state index >= 15 is 0 Å². The van der Waals surface area contributed by atoms with E-state index in [2.05, 4.69) is 4.85 Å². The Balaban J connectivity index is 2.07. The van der Waals surface area contributed by atoms with Gasteiger partial charge in [-0.25, -0.2) is 14.0 Å². The zero-order valence-corrected chi connectivity index (χ0v) is 17.0. The highest BCUT2D eigenvalue weighted by Crippen LogP contribution is 2.59. The molecular formula is C22H29FN2O3. The summed E-state index contributed by atoms with van der Waals surface area (Å²) in [6.07, 6.45) is 0.346. The molecule has 1 fully saturated rings. The van der Waals surface area contributed by atoms with E-state index in [1.165, 1.54) is 6.92 Å². The van der Waals surface area contributed by atoms with Crippen LogP contribution in [0.2, 0.25) is 0 Å². The molecule has 0 amide bonds. The Morgan fingerprint density at radius 2 is 2.04 bits per heavy atom. The minimum Gasteiger partial charge on any atom is -0.464 e. The Hall–Kier alpha value is -1.97. The van der Waals surface area contributed by atoms with Crippen molar-refractivity contribution in [3.63, 3.8) is 0 Å². The molecule has 2 aliphatic carbocycles. The van der Waals surface area contributed by atoms with E-state index in [0.29, 0.717) is 30.5 Å². The van der Waals surface area contributed by atoms with Crippen molar-refractivity contribution in [2.75, 3.05) is 6.61 Å². The zero-order valence-electron chi connectivity index (χ0n) is 17.0. The normalized spacial score (nSPS) is 35.2. The topological polar surface area (TPSA) is 65.9 Å². The van der Waals surface area contributed by atoms with Crippen LogP contribution in [-0.4, -0.2) is 25.0 Å². The van der Waals surface area contributed by atoms with Gasteiger partial charge in [0.2, 0.25) is 0 Å². The van der Waals surface area contributed by atoms with Gasteiger partial charge in [-0.05, 0) is 56.1 Å². The van der Waals surface area contributed by atoms with E-state index < -0.39 is 23.3 Å². The molecule has 28 heavy (non-hydrogen) atoms. The van der Waals surface area contributed by atoms with Crippen molar-refractivity contribution in [3.05, 3.63) is 40.7 Å². The molecule has 2 N–H and O–H groups in total. The van der Waals surface area contributed by atoms with Crippen molar-refractivity contribution in [1.29, 1.82) is 0 Å². The smallest absolute Gasteiger partial charge is 0.331 e. The molecule has 152 valence electrons. The largest absolute Gasteiger partial charge is 0.464 e. The molecule has 0 bridgehead atoms. The number of carbonyl (C=O) groups is 1. The third-order valence-electron chi connectivity index (χ3n) is 6.50. The summed E-state index contributed by atoms with van der Waals surface area (Å²) in [6.45, 7) is 14.8. The predicted octanol–water partition coefficient (Wildman–Crippen LogP) is 4.26. The van der Waals surface area contributed by atoms with Crippen LogP contribution in [0.1, 0.15) is 51.7 Å². The summed E-state index contributed by atoms with van der Waals surface area (Å²) in [4.78, 5) is 16.7. The number of alkyl halides is 1. The number of nitrogens with two attached hydrogens (primary N) is 1. The lowest BCUT2D eigenvalue weighted by atomic mass is 9.56. The highest BCUT2D eigenvalue weighted by Gasteiger charge is 2.63. The molecule has 5 nitrogen and oxygen atoms in total. The minimum absolute atomic E-state index is 0.0361. The fraction of sp³-hybridized carbons (Fsp3) is 0.636. The number of nitrogens with zero attached hydrogens (tertiary/aromatic N) is 1. The van der Waals surface area contributed by atoms with Crippen molar-refractivity contribution < 1.29 is 18.7 Å². The highest BCUT2D eigenvalue weighted by molar-refractivity contribution is 5.86. The molecule has 0 radical (unpaired) electrons. The van der Waals surface area contributed by atoms with Crippen molar-refractivity contribution in [2.24, 2.45) is 23.0 Å². The molecule has 1 saturated carbocycles. The maximum absolute atomic E-state index is 13.5. The van der Waals surface area contributed by atoms with Crippen LogP contribution in [0.25, 0.3) is 4.85 Å². The lowest BCUT2D eigenvalue weighted by Gasteiger charge is -2.51. The van der Waals surface area contributed by atoms with E-state index in [9.17, 15) is 9.18 Å². The van der Waals surface area contributed by atoms with Crippen molar-refractivity contribution in [2.45, 2.75) is 65.0 Å². The van der Waals surface area contributed by atoms with E-state index in [1.54, 1.807) is 19.1 Å². The van der Waals surface area contributed by atoms with Crippen LogP contribution in [0.5, 0.6) is 0 Å². The molecule has 6 atom stereocenters. The number of fused-ring (bicyclic) bond motifs is 1. The number of hydrogen-bond donors (Lipinski definition) is 1. The van der Waals surface area contributed by atoms with E-state index in [-0.39, 0.29) is 24.5 Å². The Morgan fingerprint density at radius 1 is 1.39 bits per heavy atom. The first-order chi connectivity index (χ1) is 13.2. The number of ether oxygens (including phenoxy) is 2. The van der Waals surface area contributed by atoms with Gasteiger partial charge >= 0.3 is 5.97 Å². The summed E-state index contributed by atoms with van der Waals surface area (Å²) in [6, 6.07) is 5.40. The summed E-state index contributed by atoms with van der Waals surface area (Å²) in [5.74, 6) is -0.378. The number of halogens is 1. The van der Waals surface area contributed by atoms with Gasteiger partial charge in [0.15, 0.2) is 12.0 Å². The Morgan fingerprint density at radius 3 is 2.57 bits per heavy atom. The van der Waals surface area contributed by atoms with Gasteiger partial charge in [0.05, 0.1) is 19.3 Å². The Labute approximate surface area is 166 Å². The van der Waals surface area contributed by atoms with Gasteiger partial charge in [0, 0.05) is 5.41 Å². The lowest BCUT2D eigenvalue weighted by Crippen LogP contribution is -2.60. The van der Waals surface area contributed by atoms with Crippen molar-refractivity contribution in [3.8, 4) is 0 Å². The van der Waals surface area contributed by atoms with Crippen LogP contribution in [-0.2, 0) is 26.2 Å².